The van der Waals surface area contributed by atoms with Gasteiger partial charge in [-0.25, -0.2) is 5.48 Å². The quantitative estimate of drug-likeness (QED) is 0.138. The summed E-state index contributed by atoms with van der Waals surface area (Å²) >= 11 is 8.82. The van der Waals surface area contributed by atoms with Gasteiger partial charge in [0.05, 0.1) is 0 Å². The van der Waals surface area contributed by atoms with E-state index in [4.69, 9.17) is 17.4 Å². The van der Waals surface area contributed by atoms with Gasteiger partial charge in [0.1, 0.15) is 4.32 Å². The molecule has 0 unspecified atom stereocenters. The number of hydrogen-bond acceptors (Lipinski definition) is 3. The average molecular weight is 321 g/mol. The van der Waals surface area contributed by atoms with Crippen LogP contribution in [0, 0.1) is 0 Å². The van der Waals surface area contributed by atoms with Crippen LogP contribution in [-0.2, 0) is 4.79 Å². The molecule has 0 aromatic carbocycles. The third-order valence-electron chi connectivity index (χ3n) is 3.23. The maximum Gasteiger partial charge on any atom is 0.243 e. The first kappa shape index (κ1) is 19.7. The van der Waals surface area contributed by atoms with Crippen LogP contribution in [0.2, 0.25) is 0 Å². The van der Waals surface area contributed by atoms with E-state index in [2.05, 4.69) is 17.9 Å². The van der Waals surface area contributed by atoms with Crippen molar-refractivity contribution in [3.05, 3.63) is 0 Å². The van der Waals surface area contributed by atoms with Gasteiger partial charge in [0, 0.05) is 13.0 Å². The lowest BCUT2D eigenvalue weighted by Crippen LogP contribution is -2.17. The molecule has 0 aliphatic carbocycles. The van der Waals surface area contributed by atoms with Gasteiger partial charge in [-0.05, 0) is 12.8 Å². The molecule has 6 heteroatoms. The molecule has 1 amide bonds. The zero-order valence-corrected chi connectivity index (χ0v) is 13.9. The fraction of sp³-hybridized carbons (Fsp3) is 0.857. The Hall–Kier alpha value is -0.330. The lowest BCUT2D eigenvalue weighted by atomic mass is 10.1. The number of hydroxylamine groups is 1. The molecule has 0 saturated carbocycles. The molecule has 118 valence electrons. The number of thiocarbonyl (C=S) groups is 1. The molecule has 0 bridgehead atoms. The molecule has 0 spiro atoms. The second-order valence-corrected chi connectivity index (χ2v) is 6.21. The molecule has 0 rings (SSSR count). The molecule has 0 aliphatic rings. The Labute approximate surface area is 133 Å². The van der Waals surface area contributed by atoms with Crippen LogP contribution in [0.15, 0.2) is 0 Å². The predicted molar refractivity (Wildman–Crippen MR) is 90.3 cm³/mol. The summed E-state index contributed by atoms with van der Waals surface area (Å²) in [6.07, 6.45) is 12.4. The average Bonchev–Trinajstić information content (AvgIpc) is 2.43. The number of amides is 1. The van der Waals surface area contributed by atoms with Gasteiger partial charge >= 0.3 is 0 Å². The molecule has 0 aliphatic heterocycles. The van der Waals surface area contributed by atoms with Crippen molar-refractivity contribution in [1.82, 2.24) is 10.8 Å². The monoisotopic (exact) mass is 320 g/mol. The summed E-state index contributed by atoms with van der Waals surface area (Å²) in [6, 6.07) is 0. The molecular weight excluding hydrogens is 292 g/mol. The molecule has 3 N–H and O–H groups in total. The first-order valence-corrected chi connectivity index (χ1v) is 8.42. The highest BCUT2D eigenvalue weighted by atomic mass is 32.1. The summed E-state index contributed by atoms with van der Waals surface area (Å²) in [5, 5.41) is 11.4. The van der Waals surface area contributed by atoms with E-state index in [1.54, 1.807) is 5.48 Å². The Balaban J connectivity index is 3.03. The minimum absolute atomic E-state index is 0.279. The molecular formula is C14H28N2O2S2. The van der Waals surface area contributed by atoms with Gasteiger partial charge in [0.2, 0.25) is 5.91 Å². The van der Waals surface area contributed by atoms with Crippen molar-refractivity contribution in [2.75, 3.05) is 6.54 Å². The van der Waals surface area contributed by atoms with Crippen molar-refractivity contribution in [1.29, 1.82) is 0 Å². The molecule has 0 heterocycles. The summed E-state index contributed by atoms with van der Waals surface area (Å²) in [4.78, 5) is 10.8. The van der Waals surface area contributed by atoms with E-state index in [-0.39, 0.29) is 5.91 Å². The van der Waals surface area contributed by atoms with Gasteiger partial charge in [-0.2, -0.15) is 0 Å². The van der Waals surface area contributed by atoms with Crippen LogP contribution in [-0.4, -0.2) is 22.0 Å². The maximum absolute atomic E-state index is 10.8. The fourth-order valence-corrected chi connectivity index (χ4v) is 2.29. The molecule has 0 atom stereocenters. The first-order valence-electron chi connectivity index (χ1n) is 7.56. The van der Waals surface area contributed by atoms with E-state index in [0.717, 1.165) is 25.8 Å². The Morgan fingerprint density at radius 1 is 0.900 bits per heavy atom. The number of carbonyl (C=O) groups excluding carboxylic acids is 1. The number of nitrogens with one attached hydrogen (secondary N) is 2. The van der Waals surface area contributed by atoms with Crippen LogP contribution in [0.4, 0.5) is 0 Å². The normalized spacial score (nSPS) is 10.3. The molecule has 0 aromatic rings. The van der Waals surface area contributed by atoms with Gasteiger partial charge in [-0.1, -0.05) is 63.6 Å². The smallest absolute Gasteiger partial charge is 0.243 e. The molecule has 0 saturated heterocycles. The highest BCUT2D eigenvalue weighted by Gasteiger charge is 1.98. The maximum atomic E-state index is 10.8. The van der Waals surface area contributed by atoms with Crippen LogP contribution in [0.5, 0.6) is 0 Å². The summed E-state index contributed by atoms with van der Waals surface area (Å²) in [6.45, 7) is 0.934. The summed E-state index contributed by atoms with van der Waals surface area (Å²) < 4.78 is 0.585. The molecule has 0 fully saturated rings. The number of hydrogen-bond donors (Lipinski definition) is 4. The molecule has 20 heavy (non-hydrogen) atoms. The lowest BCUT2D eigenvalue weighted by molar-refractivity contribution is -0.129. The Bertz CT molecular complexity index is 264. The highest BCUT2D eigenvalue weighted by molar-refractivity contribution is 8.11. The largest absolute Gasteiger partial charge is 0.371 e. The third-order valence-corrected chi connectivity index (χ3v) is 3.53. The van der Waals surface area contributed by atoms with Crippen LogP contribution in [0.25, 0.3) is 0 Å². The van der Waals surface area contributed by atoms with Crippen molar-refractivity contribution in [2.45, 2.75) is 70.6 Å². The van der Waals surface area contributed by atoms with Crippen molar-refractivity contribution >= 4 is 35.1 Å². The summed E-state index contributed by atoms with van der Waals surface area (Å²) in [5.74, 6) is -0.279. The molecule has 0 aromatic heterocycles. The standard InChI is InChI=1S/C14H28N2O2S2/c17-13(16-18)11-9-7-5-3-1-2-4-6-8-10-12-15-14(19)20/h18H,1-12H2,(H,16,17)(H2,15,19,20). The zero-order chi connectivity index (χ0) is 15.1. The topological polar surface area (TPSA) is 61.4 Å². The van der Waals surface area contributed by atoms with Crippen molar-refractivity contribution in [2.24, 2.45) is 0 Å². The highest BCUT2D eigenvalue weighted by Crippen LogP contribution is 2.11. The Morgan fingerprint density at radius 3 is 1.80 bits per heavy atom. The van der Waals surface area contributed by atoms with Crippen molar-refractivity contribution in [3.8, 4) is 0 Å². The molecule has 0 radical (unpaired) electrons. The number of thiol groups is 1. The van der Waals surface area contributed by atoms with Gasteiger partial charge in [-0.3, -0.25) is 10.0 Å². The third kappa shape index (κ3) is 15.7. The van der Waals surface area contributed by atoms with E-state index >= 15 is 0 Å². The Morgan fingerprint density at radius 2 is 1.35 bits per heavy atom. The molecule has 4 nitrogen and oxygen atoms in total. The van der Waals surface area contributed by atoms with Crippen LogP contribution in [0.1, 0.15) is 70.6 Å². The minimum atomic E-state index is -0.279. The van der Waals surface area contributed by atoms with Gasteiger partial charge in [0.25, 0.3) is 0 Å². The van der Waals surface area contributed by atoms with E-state index in [1.807, 2.05) is 0 Å². The summed E-state index contributed by atoms with van der Waals surface area (Å²) in [5.41, 5.74) is 1.66. The number of rotatable bonds is 13. The number of unbranched alkanes of at least 4 members (excludes halogenated alkanes) is 9. The van der Waals surface area contributed by atoms with E-state index in [1.165, 1.54) is 44.9 Å². The fourth-order valence-electron chi connectivity index (χ4n) is 2.08. The van der Waals surface area contributed by atoms with Crippen LogP contribution in [0.3, 0.4) is 0 Å². The summed E-state index contributed by atoms with van der Waals surface area (Å²) in [7, 11) is 0. The predicted octanol–water partition coefficient (Wildman–Crippen LogP) is 3.59. The SMILES string of the molecule is O=C(CCCCCCCCCCCCNC(=S)S)NO. The van der Waals surface area contributed by atoms with Crippen LogP contribution < -0.4 is 10.8 Å². The van der Waals surface area contributed by atoms with Gasteiger partial charge in [0.15, 0.2) is 0 Å². The minimum Gasteiger partial charge on any atom is -0.371 e. The van der Waals surface area contributed by atoms with E-state index < -0.39 is 0 Å². The van der Waals surface area contributed by atoms with Crippen molar-refractivity contribution in [3.63, 3.8) is 0 Å². The Kier molecular flexibility index (Phi) is 14.8. The van der Waals surface area contributed by atoms with Crippen molar-refractivity contribution < 1.29 is 10.0 Å². The zero-order valence-electron chi connectivity index (χ0n) is 12.2. The van der Waals surface area contributed by atoms with E-state index in [0.29, 0.717) is 10.7 Å². The second-order valence-electron chi connectivity index (χ2n) is 5.05. The first-order chi connectivity index (χ1) is 9.66. The van der Waals surface area contributed by atoms with Crippen LogP contribution >= 0.6 is 24.8 Å². The van der Waals surface area contributed by atoms with Gasteiger partial charge in [-0.15, -0.1) is 12.6 Å². The second kappa shape index (κ2) is 15.1. The number of carbonyl (C=O) groups is 1. The lowest BCUT2D eigenvalue weighted by Gasteiger charge is -2.04. The van der Waals surface area contributed by atoms with Gasteiger partial charge < -0.3 is 5.32 Å². The van der Waals surface area contributed by atoms with E-state index in [9.17, 15) is 4.79 Å².